The highest BCUT2D eigenvalue weighted by Gasteiger charge is 2.40. The van der Waals surface area contributed by atoms with Crippen LogP contribution in [0.3, 0.4) is 0 Å². The average Bonchev–Trinajstić information content (AvgIpc) is 2.36. The summed E-state index contributed by atoms with van der Waals surface area (Å²) in [6.45, 7) is 0. The molecule has 1 aromatic carbocycles. The predicted molar refractivity (Wildman–Crippen MR) is 80.0 cm³/mol. The molecule has 0 aromatic heterocycles. The molecular weight excluding hydrogens is 326 g/mol. The Morgan fingerprint density at radius 2 is 1.70 bits per heavy atom. The van der Waals surface area contributed by atoms with Gasteiger partial charge >= 0.3 is 0 Å². The van der Waals surface area contributed by atoms with Crippen molar-refractivity contribution in [3.8, 4) is 0 Å². The number of rotatable bonds is 2. The lowest BCUT2D eigenvalue weighted by atomic mass is 9.81. The Hall–Kier alpha value is -0.680. The zero-order chi connectivity index (χ0) is 14.3. The highest BCUT2D eigenvalue weighted by molar-refractivity contribution is 9.10. The summed E-state index contributed by atoms with van der Waals surface area (Å²) in [6, 6.07) is 3.66. The maximum atomic E-state index is 14.3. The molecule has 2 atom stereocenters. The largest absolute Gasteiger partial charge is 0.361 e. The first kappa shape index (κ1) is 14.3. The van der Waals surface area contributed by atoms with Gasteiger partial charge < -0.3 is 10.2 Å². The van der Waals surface area contributed by atoms with E-state index in [0.717, 1.165) is 32.1 Å². The molecule has 2 aliphatic rings. The summed E-state index contributed by atoms with van der Waals surface area (Å²) in [4.78, 5) is 2.01. The van der Waals surface area contributed by atoms with Gasteiger partial charge in [0, 0.05) is 22.6 Å². The number of nitrogens with one attached hydrogen (secondary N) is 1. The second-order valence-corrected chi connectivity index (χ2v) is 6.74. The molecule has 0 radical (unpaired) electrons. The smallest absolute Gasteiger partial charge is 0.150 e. The minimum absolute atomic E-state index is 0.164. The van der Waals surface area contributed by atoms with E-state index in [1.807, 2.05) is 11.9 Å². The Kier molecular flexibility index (Phi) is 4.00. The van der Waals surface area contributed by atoms with E-state index in [0.29, 0.717) is 10.5 Å². The van der Waals surface area contributed by atoms with Crippen LogP contribution in [-0.2, 0) is 0 Å². The van der Waals surface area contributed by atoms with Crippen LogP contribution in [0.25, 0.3) is 0 Å². The minimum atomic E-state index is -0.461. The van der Waals surface area contributed by atoms with E-state index in [-0.39, 0.29) is 17.8 Å². The first-order chi connectivity index (χ1) is 9.60. The molecule has 0 amide bonds. The monoisotopic (exact) mass is 344 g/mol. The lowest BCUT2D eigenvalue weighted by Gasteiger charge is -2.50. The summed E-state index contributed by atoms with van der Waals surface area (Å²) < 4.78 is 29.0. The second-order valence-electron chi connectivity index (χ2n) is 5.82. The molecule has 110 valence electrons. The summed E-state index contributed by atoms with van der Waals surface area (Å²) in [7, 11) is 1.97. The fourth-order valence-corrected chi connectivity index (χ4v) is 4.17. The van der Waals surface area contributed by atoms with Gasteiger partial charge in [-0.2, -0.15) is 0 Å². The van der Waals surface area contributed by atoms with Crippen LogP contribution in [0.1, 0.15) is 32.1 Å². The fraction of sp³-hybridized carbons (Fsp3) is 0.600. The molecule has 1 N–H and O–H groups in total. The van der Waals surface area contributed by atoms with Crippen LogP contribution in [0.4, 0.5) is 14.5 Å². The van der Waals surface area contributed by atoms with Crippen LogP contribution in [0, 0.1) is 11.6 Å². The first-order valence-corrected chi connectivity index (χ1v) is 7.99. The first-order valence-electron chi connectivity index (χ1n) is 7.20. The van der Waals surface area contributed by atoms with Gasteiger partial charge in [0.1, 0.15) is 5.69 Å². The van der Waals surface area contributed by atoms with E-state index < -0.39 is 11.6 Å². The number of halogens is 3. The molecule has 5 heteroatoms. The summed E-state index contributed by atoms with van der Waals surface area (Å²) in [5.41, 5.74) is 0.164. The molecule has 3 rings (SSSR count). The number of anilines is 1. The van der Waals surface area contributed by atoms with Crippen molar-refractivity contribution in [3.05, 3.63) is 28.2 Å². The standard InChI is InChI=1S/C15H19BrF2N2/c1-19-10-7-11-3-2-4-12(8-10)20(11)15-13(17)5-9(16)6-14(15)18/h5-6,10-12,19H,2-4,7-8H2,1H3. The molecule has 2 aliphatic heterocycles. The van der Waals surface area contributed by atoms with Crippen molar-refractivity contribution in [2.24, 2.45) is 0 Å². The number of piperidine rings is 2. The Morgan fingerprint density at radius 1 is 1.15 bits per heavy atom. The van der Waals surface area contributed by atoms with Crippen molar-refractivity contribution in [1.29, 1.82) is 0 Å². The van der Waals surface area contributed by atoms with Crippen LogP contribution in [0.15, 0.2) is 16.6 Å². The van der Waals surface area contributed by atoms with Crippen molar-refractivity contribution in [2.45, 2.75) is 50.2 Å². The van der Waals surface area contributed by atoms with Gasteiger partial charge in [-0.3, -0.25) is 0 Å². The van der Waals surface area contributed by atoms with Crippen molar-refractivity contribution in [3.63, 3.8) is 0 Å². The molecule has 2 bridgehead atoms. The molecule has 2 nitrogen and oxygen atoms in total. The molecule has 0 aliphatic carbocycles. The number of hydrogen-bond acceptors (Lipinski definition) is 2. The summed E-state index contributed by atoms with van der Waals surface area (Å²) in [5.74, 6) is -0.923. The van der Waals surface area contributed by atoms with Gasteiger partial charge in [0.15, 0.2) is 11.6 Å². The SMILES string of the molecule is CNC1CC2CCCC(C1)N2c1c(F)cc(Br)cc1F. The minimum Gasteiger partial charge on any atom is -0.361 e. The third-order valence-electron chi connectivity index (χ3n) is 4.62. The zero-order valence-corrected chi connectivity index (χ0v) is 13.1. The Balaban J connectivity index is 1.98. The molecule has 20 heavy (non-hydrogen) atoms. The van der Waals surface area contributed by atoms with Crippen molar-refractivity contribution < 1.29 is 8.78 Å². The van der Waals surface area contributed by atoms with Gasteiger partial charge in [0.05, 0.1) is 0 Å². The van der Waals surface area contributed by atoms with Gasteiger partial charge in [-0.1, -0.05) is 15.9 Å². The maximum Gasteiger partial charge on any atom is 0.150 e. The van der Waals surface area contributed by atoms with Crippen molar-refractivity contribution in [2.75, 3.05) is 11.9 Å². The number of nitrogens with zero attached hydrogens (tertiary/aromatic N) is 1. The third kappa shape index (κ3) is 2.46. The number of fused-ring (bicyclic) bond motifs is 2. The van der Waals surface area contributed by atoms with E-state index in [1.54, 1.807) is 0 Å². The van der Waals surface area contributed by atoms with E-state index in [1.165, 1.54) is 12.1 Å². The predicted octanol–water partition coefficient (Wildman–Crippen LogP) is 3.84. The fourth-order valence-electron chi connectivity index (χ4n) is 3.76. The van der Waals surface area contributed by atoms with Gasteiger partial charge in [0.25, 0.3) is 0 Å². The number of benzene rings is 1. The van der Waals surface area contributed by atoms with Gasteiger partial charge in [-0.25, -0.2) is 8.78 Å². The van der Waals surface area contributed by atoms with E-state index in [2.05, 4.69) is 21.2 Å². The van der Waals surface area contributed by atoms with Crippen LogP contribution in [-0.4, -0.2) is 25.2 Å². The topological polar surface area (TPSA) is 15.3 Å². The zero-order valence-electron chi connectivity index (χ0n) is 11.5. The molecule has 0 spiro atoms. The molecule has 0 saturated carbocycles. The molecule has 2 fully saturated rings. The molecular formula is C15H19BrF2N2. The molecule has 1 aromatic rings. The molecule has 2 heterocycles. The van der Waals surface area contributed by atoms with Crippen molar-refractivity contribution >= 4 is 21.6 Å². The third-order valence-corrected chi connectivity index (χ3v) is 5.08. The van der Waals surface area contributed by atoms with Crippen LogP contribution >= 0.6 is 15.9 Å². The Bertz CT molecular complexity index is 472. The van der Waals surface area contributed by atoms with Gasteiger partial charge in [-0.05, 0) is 51.3 Å². The second kappa shape index (κ2) is 5.60. The number of hydrogen-bond donors (Lipinski definition) is 1. The van der Waals surface area contributed by atoms with Crippen LogP contribution < -0.4 is 10.2 Å². The van der Waals surface area contributed by atoms with E-state index in [4.69, 9.17) is 0 Å². The normalized spacial score (nSPS) is 29.6. The van der Waals surface area contributed by atoms with Gasteiger partial charge in [-0.15, -0.1) is 0 Å². The highest BCUT2D eigenvalue weighted by atomic mass is 79.9. The summed E-state index contributed by atoms with van der Waals surface area (Å²) >= 11 is 3.14. The maximum absolute atomic E-state index is 14.3. The lowest BCUT2D eigenvalue weighted by Crippen LogP contribution is -2.56. The van der Waals surface area contributed by atoms with E-state index >= 15 is 0 Å². The molecule has 2 saturated heterocycles. The van der Waals surface area contributed by atoms with E-state index in [9.17, 15) is 8.78 Å². The van der Waals surface area contributed by atoms with Gasteiger partial charge in [0.2, 0.25) is 0 Å². The molecule has 2 unspecified atom stereocenters. The lowest BCUT2D eigenvalue weighted by molar-refractivity contribution is 0.248. The summed E-state index contributed by atoms with van der Waals surface area (Å²) in [5, 5.41) is 3.32. The average molecular weight is 345 g/mol. The Labute approximate surface area is 126 Å². The quantitative estimate of drug-likeness (QED) is 0.876. The van der Waals surface area contributed by atoms with Crippen LogP contribution in [0.2, 0.25) is 0 Å². The highest BCUT2D eigenvalue weighted by Crippen LogP contribution is 2.40. The summed E-state index contributed by atoms with van der Waals surface area (Å²) in [6.07, 6.45) is 5.11. The van der Waals surface area contributed by atoms with Crippen LogP contribution in [0.5, 0.6) is 0 Å². The van der Waals surface area contributed by atoms with Crippen molar-refractivity contribution in [1.82, 2.24) is 5.32 Å². The Morgan fingerprint density at radius 3 is 2.20 bits per heavy atom.